The maximum atomic E-state index is 14.1. The van der Waals surface area contributed by atoms with Crippen molar-refractivity contribution in [2.45, 2.75) is 33.2 Å². The molecule has 190 valence electrons. The van der Waals surface area contributed by atoms with Crippen molar-refractivity contribution >= 4 is 34.5 Å². The molecule has 1 atom stereocenters. The molecule has 0 spiro atoms. The Hall–Kier alpha value is -3.98. The fourth-order valence-corrected chi connectivity index (χ4v) is 6.11. The van der Waals surface area contributed by atoms with Crippen molar-refractivity contribution in [1.29, 1.82) is 0 Å². The summed E-state index contributed by atoms with van der Waals surface area (Å²) in [6.45, 7) is 6.20. The zero-order valence-electron chi connectivity index (χ0n) is 21.1. The number of para-hydroxylation sites is 2. The largest absolute Gasteiger partial charge is 0.496 e. The average Bonchev–Trinajstić information content (AvgIpc) is 3.36. The van der Waals surface area contributed by atoms with Crippen LogP contribution in [0.4, 0.5) is 5.69 Å². The quantitative estimate of drug-likeness (QED) is 0.469. The Morgan fingerprint density at radius 1 is 1.08 bits per heavy atom. The predicted octanol–water partition coefficient (Wildman–Crippen LogP) is 2.93. The summed E-state index contributed by atoms with van der Waals surface area (Å²) >= 11 is 1.16. The summed E-state index contributed by atoms with van der Waals surface area (Å²) in [4.78, 5) is 47.7. The lowest BCUT2D eigenvalue weighted by Gasteiger charge is -2.25. The van der Waals surface area contributed by atoms with Crippen LogP contribution in [0.3, 0.4) is 0 Å². The number of hydrogen-bond acceptors (Lipinski definition) is 7. The molecule has 9 heteroatoms. The number of thiazole rings is 1. The van der Waals surface area contributed by atoms with Gasteiger partial charge in [-0.1, -0.05) is 54.7 Å². The topological polar surface area (TPSA) is 90.2 Å². The summed E-state index contributed by atoms with van der Waals surface area (Å²) in [5, 5.41) is 0. The number of carbonyl (C=O) groups excluding carboxylic acids is 2. The van der Waals surface area contributed by atoms with Gasteiger partial charge in [0.25, 0.3) is 11.5 Å². The van der Waals surface area contributed by atoms with Gasteiger partial charge in [0.1, 0.15) is 16.3 Å². The number of amides is 1. The molecule has 8 nitrogen and oxygen atoms in total. The number of carbonyl (C=O) groups is 2. The average molecular weight is 518 g/mol. The summed E-state index contributed by atoms with van der Waals surface area (Å²) in [6, 6.07) is 13.9. The third-order valence-corrected chi connectivity index (χ3v) is 7.58. The third kappa shape index (κ3) is 3.90. The van der Waals surface area contributed by atoms with Gasteiger partial charge >= 0.3 is 5.97 Å². The highest BCUT2D eigenvalue weighted by Crippen LogP contribution is 2.37. The number of esters is 1. The molecule has 2 aliphatic heterocycles. The van der Waals surface area contributed by atoms with Crippen molar-refractivity contribution in [3.63, 3.8) is 0 Å². The van der Waals surface area contributed by atoms with Crippen molar-refractivity contribution < 1.29 is 19.1 Å². The van der Waals surface area contributed by atoms with Gasteiger partial charge in [-0.05, 0) is 32.4 Å². The first-order valence-corrected chi connectivity index (χ1v) is 13.0. The van der Waals surface area contributed by atoms with Gasteiger partial charge in [0.15, 0.2) is 4.80 Å². The number of aromatic nitrogens is 1. The zero-order valence-corrected chi connectivity index (χ0v) is 21.9. The molecular formula is C28H27N3O5S. The lowest BCUT2D eigenvalue weighted by atomic mass is 9.95. The number of allylic oxidation sites excluding steroid dienone is 1. The highest BCUT2D eigenvalue weighted by atomic mass is 32.1. The molecule has 37 heavy (non-hydrogen) atoms. The van der Waals surface area contributed by atoms with E-state index in [1.807, 2.05) is 49.4 Å². The molecule has 0 N–H and O–H groups in total. The van der Waals surface area contributed by atoms with E-state index in [2.05, 4.69) is 4.99 Å². The number of ether oxygens (including phenoxy) is 2. The first-order chi connectivity index (χ1) is 17.9. The van der Waals surface area contributed by atoms with Crippen LogP contribution >= 0.6 is 11.3 Å². The second-order valence-corrected chi connectivity index (χ2v) is 9.69. The van der Waals surface area contributed by atoms with Crippen LogP contribution in [-0.4, -0.2) is 36.7 Å². The van der Waals surface area contributed by atoms with E-state index in [1.165, 1.54) is 4.57 Å². The fourth-order valence-electron chi connectivity index (χ4n) is 4.97. The van der Waals surface area contributed by atoms with Crippen LogP contribution in [0.15, 0.2) is 69.6 Å². The molecule has 0 saturated carbocycles. The minimum atomic E-state index is -0.820. The van der Waals surface area contributed by atoms with Gasteiger partial charge in [-0.2, -0.15) is 0 Å². The van der Waals surface area contributed by atoms with Gasteiger partial charge in [-0.15, -0.1) is 0 Å². The molecule has 1 amide bonds. The number of hydrogen-bond donors (Lipinski definition) is 0. The molecule has 0 bridgehead atoms. The number of anilines is 1. The van der Waals surface area contributed by atoms with E-state index in [-0.39, 0.29) is 23.6 Å². The number of methoxy groups -OCH3 is 1. The zero-order chi connectivity index (χ0) is 26.3. The van der Waals surface area contributed by atoms with E-state index in [0.29, 0.717) is 38.5 Å². The minimum Gasteiger partial charge on any atom is -0.496 e. The highest BCUT2D eigenvalue weighted by molar-refractivity contribution is 7.07. The van der Waals surface area contributed by atoms with E-state index >= 15 is 0 Å². The molecule has 0 aliphatic carbocycles. The molecule has 3 aromatic rings. The molecule has 0 radical (unpaired) electrons. The lowest BCUT2D eigenvalue weighted by Crippen LogP contribution is -2.41. The van der Waals surface area contributed by atoms with Gasteiger partial charge in [0.05, 0.1) is 36.2 Å². The van der Waals surface area contributed by atoms with Gasteiger partial charge < -0.3 is 14.4 Å². The number of nitrogens with zero attached hydrogens (tertiary/aromatic N) is 3. The van der Waals surface area contributed by atoms with Crippen molar-refractivity contribution in [3.05, 3.63) is 90.6 Å². The number of fused-ring (bicyclic) bond motifs is 2. The summed E-state index contributed by atoms with van der Waals surface area (Å²) in [5.41, 5.74) is 2.85. The summed E-state index contributed by atoms with van der Waals surface area (Å²) in [6.07, 6.45) is 0.782. The lowest BCUT2D eigenvalue weighted by molar-refractivity contribution is -0.139. The van der Waals surface area contributed by atoms with Crippen LogP contribution in [0.5, 0.6) is 5.75 Å². The van der Waals surface area contributed by atoms with Crippen molar-refractivity contribution in [2.75, 3.05) is 25.2 Å². The van der Waals surface area contributed by atoms with Crippen LogP contribution in [0.25, 0.3) is 5.57 Å². The minimum absolute atomic E-state index is 0.182. The molecular weight excluding hydrogens is 490 g/mol. The Labute approximate surface area is 217 Å². The van der Waals surface area contributed by atoms with E-state index in [4.69, 9.17) is 9.47 Å². The predicted molar refractivity (Wildman–Crippen MR) is 141 cm³/mol. The smallest absolute Gasteiger partial charge is 0.338 e. The van der Waals surface area contributed by atoms with Crippen molar-refractivity contribution in [3.8, 4) is 5.75 Å². The molecule has 0 fully saturated rings. The molecule has 0 saturated heterocycles. The van der Waals surface area contributed by atoms with Gasteiger partial charge in [0, 0.05) is 17.7 Å². The van der Waals surface area contributed by atoms with E-state index in [9.17, 15) is 14.4 Å². The third-order valence-electron chi connectivity index (χ3n) is 6.52. The van der Waals surface area contributed by atoms with Crippen LogP contribution in [0.1, 0.15) is 44.4 Å². The first kappa shape index (κ1) is 24.7. The van der Waals surface area contributed by atoms with Crippen molar-refractivity contribution in [2.24, 2.45) is 4.99 Å². The summed E-state index contributed by atoms with van der Waals surface area (Å²) < 4.78 is 12.8. The second kappa shape index (κ2) is 9.82. The molecule has 1 aromatic heterocycles. The van der Waals surface area contributed by atoms with Crippen LogP contribution in [0.2, 0.25) is 0 Å². The Balaban J connectivity index is 1.83. The van der Waals surface area contributed by atoms with Crippen LogP contribution < -0.4 is 24.5 Å². The molecule has 3 heterocycles. The number of benzene rings is 2. The van der Waals surface area contributed by atoms with E-state index < -0.39 is 12.0 Å². The Morgan fingerprint density at radius 3 is 2.54 bits per heavy atom. The van der Waals surface area contributed by atoms with Gasteiger partial charge in [-0.3, -0.25) is 14.2 Å². The maximum Gasteiger partial charge on any atom is 0.338 e. The highest BCUT2D eigenvalue weighted by Gasteiger charge is 2.37. The second-order valence-electron chi connectivity index (χ2n) is 8.71. The van der Waals surface area contributed by atoms with E-state index in [1.54, 1.807) is 31.9 Å². The maximum absolute atomic E-state index is 14.1. The summed E-state index contributed by atoms with van der Waals surface area (Å²) in [7, 11) is 1.54. The van der Waals surface area contributed by atoms with Gasteiger partial charge in [0.2, 0.25) is 0 Å². The first-order valence-electron chi connectivity index (χ1n) is 12.2. The Bertz CT molecular complexity index is 1630. The fraction of sp³-hybridized carbons (Fsp3) is 0.286. The Morgan fingerprint density at radius 2 is 1.81 bits per heavy atom. The van der Waals surface area contributed by atoms with E-state index in [0.717, 1.165) is 29.0 Å². The molecule has 5 rings (SSSR count). The normalized spacial score (nSPS) is 17.9. The van der Waals surface area contributed by atoms with Crippen molar-refractivity contribution in [1.82, 2.24) is 4.57 Å². The molecule has 0 unspecified atom stereocenters. The number of rotatable bonds is 6. The molecule has 2 aromatic carbocycles. The molecule has 2 aliphatic rings. The summed E-state index contributed by atoms with van der Waals surface area (Å²) in [5.74, 6) is -0.226. The van der Waals surface area contributed by atoms with Gasteiger partial charge in [-0.25, -0.2) is 9.79 Å². The Kier molecular flexibility index (Phi) is 6.55. The van der Waals surface area contributed by atoms with Crippen LogP contribution in [-0.2, 0) is 14.3 Å². The van der Waals surface area contributed by atoms with Crippen LogP contribution in [0, 0.1) is 0 Å². The monoisotopic (exact) mass is 517 g/mol. The standard InChI is InChI=1S/C28H27N3O5S/c1-5-15-30-19-13-9-7-11-17(19)22(25(30)32)24-26(33)31-23(18-12-8-10-14-20(18)35-4)21(27(34)36-6-2)16(3)29-28(31)37-24/h7-14,23H,5-6,15H2,1-4H3/b24-22-/t23-/m1/s1. The SMILES string of the molecule is CCCN1C(=O)/C(=c2\sc3n(c2=O)[C@H](c2ccccc2OC)C(C(=O)OCC)=C(C)N=3)c2ccccc21.